The van der Waals surface area contributed by atoms with E-state index < -0.39 is 20.7 Å². The van der Waals surface area contributed by atoms with Gasteiger partial charge in [0.15, 0.2) is 0 Å². The average molecular weight is 283 g/mol. The van der Waals surface area contributed by atoms with E-state index in [9.17, 15) is 9.13 Å². The summed E-state index contributed by atoms with van der Waals surface area (Å²) in [5.74, 6) is 0.113. The van der Waals surface area contributed by atoms with Crippen LogP contribution in [0.25, 0.3) is 0 Å². The first-order chi connectivity index (χ1) is 7.60. The van der Waals surface area contributed by atoms with E-state index in [1.165, 1.54) is 12.3 Å². The lowest BCUT2D eigenvalue weighted by molar-refractivity contribution is -0.361. The summed E-state index contributed by atoms with van der Waals surface area (Å²) in [6.45, 7) is 1.73. The summed E-state index contributed by atoms with van der Waals surface area (Å²) in [6, 6.07) is 3.16. The second-order valence-corrected chi connectivity index (χ2v) is 7.27. The van der Waals surface area contributed by atoms with Crippen LogP contribution in [-0.4, -0.2) is 25.1 Å². The van der Waals surface area contributed by atoms with E-state index in [0.717, 1.165) is 5.56 Å². The lowest BCUT2D eigenvalue weighted by Crippen LogP contribution is -2.24. The number of rotatable bonds is 4. The minimum Gasteiger partial charge on any atom is -0.321 e. The minimum atomic E-state index is -4.97. The third-order valence-electron chi connectivity index (χ3n) is 1.88. The van der Waals surface area contributed by atoms with Crippen LogP contribution in [0.5, 0.6) is 0 Å². The topological polar surface area (TPSA) is 141 Å². The van der Waals surface area contributed by atoms with Crippen LogP contribution in [0.4, 0.5) is 5.82 Å². The van der Waals surface area contributed by atoms with Crippen LogP contribution < -0.4 is 10.3 Å². The first kappa shape index (κ1) is 14.3. The van der Waals surface area contributed by atoms with E-state index in [2.05, 4.69) is 10.3 Å². The van der Waals surface area contributed by atoms with Gasteiger partial charge in [-0.3, -0.25) is 9.13 Å². The molecule has 0 saturated heterocycles. The third-order valence-corrected chi connectivity index (χ3v) is 5.22. The largest absolute Gasteiger partial charge is 0.382 e. The van der Waals surface area contributed by atoms with Crippen molar-refractivity contribution < 1.29 is 33.7 Å². The molecule has 96 valence electrons. The van der Waals surface area contributed by atoms with Gasteiger partial charge >= 0.3 is 15.2 Å². The molecule has 0 aliphatic carbocycles. The molecule has 0 unspecified atom stereocenters. The number of aromatic amines is 1. The standard InChI is InChI=1S/C7H12N2O6P2/c1-5-2-3-8-6(4-5)9-7(16(10,11)12)17(13,14)15/h2-4,7H,1H3,(H,8,9)(H2,10,11,12)(H2,13,14,15)/p+1. The van der Waals surface area contributed by atoms with E-state index in [1.54, 1.807) is 13.0 Å². The number of hydrogen-bond donors (Lipinski definition) is 5. The van der Waals surface area contributed by atoms with Gasteiger partial charge in [-0.2, -0.15) is 0 Å². The maximum absolute atomic E-state index is 11.0. The summed E-state index contributed by atoms with van der Waals surface area (Å²) in [4.78, 5) is 38.1. The molecule has 17 heavy (non-hydrogen) atoms. The van der Waals surface area contributed by atoms with Crippen LogP contribution in [0.15, 0.2) is 18.3 Å². The summed E-state index contributed by atoms with van der Waals surface area (Å²) in [5, 5.41) is 2.12. The number of pyridine rings is 1. The second kappa shape index (κ2) is 4.86. The third kappa shape index (κ3) is 4.20. The number of nitrogens with one attached hydrogen (secondary N) is 2. The Labute approximate surface area is 97.0 Å². The fourth-order valence-electron chi connectivity index (χ4n) is 1.17. The van der Waals surface area contributed by atoms with Crippen molar-refractivity contribution >= 4 is 21.0 Å². The summed E-state index contributed by atoms with van der Waals surface area (Å²) in [6.07, 6.45) is 1.48. The lowest BCUT2D eigenvalue weighted by Gasteiger charge is -2.16. The maximum atomic E-state index is 11.0. The monoisotopic (exact) mass is 283 g/mol. The van der Waals surface area contributed by atoms with Crippen molar-refractivity contribution in [2.45, 2.75) is 12.4 Å². The van der Waals surface area contributed by atoms with Crippen LogP contribution >= 0.6 is 15.2 Å². The smallest absolute Gasteiger partial charge is 0.321 e. The number of hydrogen-bond acceptors (Lipinski definition) is 3. The zero-order valence-electron chi connectivity index (χ0n) is 8.81. The highest BCUT2D eigenvalue weighted by atomic mass is 31.2. The minimum absolute atomic E-state index is 0.113. The van der Waals surface area contributed by atoms with Gasteiger partial charge in [-0.15, -0.1) is 0 Å². The van der Waals surface area contributed by atoms with Crippen LogP contribution in [0.2, 0.25) is 0 Å². The quantitative estimate of drug-likeness (QED) is 0.484. The number of aryl methyl sites for hydroxylation is 1. The molecule has 10 heteroatoms. The number of H-pyrrole nitrogens is 1. The molecular formula is C7H13N2O6P2+. The summed E-state index contributed by atoms with van der Waals surface area (Å²) >= 11 is 0. The van der Waals surface area contributed by atoms with E-state index in [1.807, 2.05) is 0 Å². The zero-order valence-corrected chi connectivity index (χ0v) is 10.6. The molecule has 0 saturated carbocycles. The van der Waals surface area contributed by atoms with Gasteiger partial charge in [0, 0.05) is 6.07 Å². The van der Waals surface area contributed by atoms with Gasteiger partial charge in [0.2, 0.25) is 0 Å². The Morgan fingerprint density at radius 3 is 2.18 bits per heavy atom. The van der Waals surface area contributed by atoms with Gasteiger partial charge in [0.25, 0.3) is 11.3 Å². The van der Waals surface area contributed by atoms with Crippen molar-refractivity contribution in [3.63, 3.8) is 0 Å². The molecule has 0 aromatic carbocycles. The Kier molecular flexibility index (Phi) is 4.09. The Balaban J connectivity index is 3.04. The number of aromatic nitrogens is 1. The van der Waals surface area contributed by atoms with Crippen molar-refractivity contribution in [2.75, 3.05) is 5.32 Å². The molecular weight excluding hydrogens is 270 g/mol. The van der Waals surface area contributed by atoms with Crippen LogP contribution in [0.3, 0.4) is 0 Å². The molecule has 0 aliphatic rings. The zero-order chi connectivity index (χ0) is 13.3. The Morgan fingerprint density at radius 2 is 1.76 bits per heavy atom. The van der Waals surface area contributed by atoms with Gasteiger partial charge in [0.05, 0.1) is 6.20 Å². The van der Waals surface area contributed by atoms with Crippen molar-refractivity contribution in [3.8, 4) is 0 Å². The predicted octanol–water partition coefficient (Wildman–Crippen LogP) is -0.140. The highest BCUT2D eigenvalue weighted by molar-refractivity contribution is 7.71. The summed E-state index contributed by atoms with van der Waals surface area (Å²) in [5.41, 5.74) is -1.49. The molecule has 0 radical (unpaired) electrons. The molecule has 0 atom stereocenters. The van der Waals surface area contributed by atoms with Gasteiger partial charge in [0.1, 0.15) is 0 Å². The predicted molar refractivity (Wildman–Crippen MR) is 59.2 cm³/mol. The molecule has 6 N–H and O–H groups in total. The molecule has 8 nitrogen and oxygen atoms in total. The average Bonchev–Trinajstić information content (AvgIpc) is 2.10. The van der Waals surface area contributed by atoms with E-state index in [4.69, 9.17) is 19.6 Å². The molecule has 0 fully saturated rings. The second-order valence-electron chi connectivity index (χ2n) is 3.48. The Bertz CT molecular complexity index is 473. The van der Waals surface area contributed by atoms with Gasteiger partial charge < -0.3 is 19.6 Å². The van der Waals surface area contributed by atoms with Crippen molar-refractivity contribution in [3.05, 3.63) is 23.9 Å². The maximum Gasteiger partial charge on any atom is 0.382 e. The summed E-state index contributed by atoms with van der Waals surface area (Å²) < 4.78 is 22.0. The normalized spacial score (nSPS) is 12.8. The first-order valence-corrected chi connectivity index (χ1v) is 7.82. The van der Waals surface area contributed by atoms with Crippen molar-refractivity contribution in [1.82, 2.24) is 0 Å². The highest BCUT2D eigenvalue weighted by Crippen LogP contribution is 2.59. The van der Waals surface area contributed by atoms with Gasteiger partial charge in [-0.05, 0) is 18.6 Å². The van der Waals surface area contributed by atoms with Gasteiger partial charge in [-0.1, -0.05) is 0 Å². The fourth-order valence-corrected chi connectivity index (χ4v) is 3.35. The molecule has 0 amide bonds. The lowest BCUT2D eigenvalue weighted by atomic mass is 10.3. The Hall–Kier alpha value is -0.750. The van der Waals surface area contributed by atoms with Gasteiger partial charge in [-0.25, -0.2) is 10.3 Å². The number of anilines is 1. The van der Waals surface area contributed by atoms with Crippen LogP contribution in [0, 0.1) is 6.92 Å². The molecule has 1 heterocycles. The van der Waals surface area contributed by atoms with E-state index in [-0.39, 0.29) is 5.82 Å². The summed E-state index contributed by atoms with van der Waals surface area (Å²) in [7, 11) is -9.94. The molecule has 0 bridgehead atoms. The van der Waals surface area contributed by atoms with E-state index in [0.29, 0.717) is 0 Å². The highest BCUT2D eigenvalue weighted by Gasteiger charge is 2.47. The van der Waals surface area contributed by atoms with Crippen LogP contribution in [-0.2, 0) is 9.13 Å². The Morgan fingerprint density at radius 1 is 1.24 bits per heavy atom. The first-order valence-electron chi connectivity index (χ1n) is 4.46. The van der Waals surface area contributed by atoms with Crippen molar-refractivity contribution in [2.24, 2.45) is 0 Å². The van der Waals surface area contributed by atoms with E-state index >= 15 is 0 Å². The van der Waals surface area contributed by atoms with Crippen LogP contribution in [0.1, 0.15) is 5.56 Å². The molecule has 0 aliphatic heterocycles. The molecule has 1 aromatic heterocycles. The molecule has 0 spiro atoms. The molecule has 1 rings (SSSR count). The molecule has 1 aromatic rings. The van der Waals surface area contributed by atoms with Crippen molar-refractivity contribution in [1.29, 1.82) is 0 Å². The SMILES string of the molecule is Cc1cc[nH+]c(NC(P(=O)(O)O)P(=O)(O)O)c1. The fraction of sp³-hybridized carbons (Fsp3) is 0.286.